The molecule has 5 nitrogen and oxygen atoms in total. The fourth-order valence-electron chi connectivity index (χ4n) is 2.22. The monoisotopic (exact) mass is 272 g/mol. The Bertz CT molecular complexity index is 645. The molecule has 2 rings (SSSR count). The van der Waals surface area contributed by atoms with Gasteiger partial charge in [0.1, 0.15) is 6.54 Å². The van der Waals surface area contributed by atoms with E-state index < -0.39 is 5.97 Å². The van der Waals surface area contributed by atoms with Gasteiger partial charge in [-0.3, -0.25) is 9.59 Å². The van der Waals surface area contributed by atoms with Crippen molar-refractivity contribution in [2.24, 2.45) is 5.73 Å². The van der Waals surface area contributed by atoms with Gasteiger partial charge in [0.25, 0.3) is 0 Å². The number of nitrogens with zero attached hydrogens (tertiary/aromatic N) is 1. The van der Waals surface area contributed by atoms with Gasteiger partial charge in [0.15, 0.2) is 5.78 Å². The third-order valence-corrected chi connectivity index (χ3v) is 3.22. The Kier molecular flexibility index (Phi) is 4.00. The number of nitrogens with two attached hydrogens (primary N) is 1. The molecule has 0 saturated heterocycles. The number of carboxylic acid groups (broad SMARTS) is 1. The molecule has 2 aromatic rings. The molecule has 1 heterocycles. The highest BCUT2D eigenvalue weighted by molar-refractivity contribution is 6.00. The number of hydrogen-bond acceptors (Lipinski definition) is 3. The van der Waals surface area contributed by atoms with Gasteiger partial charge >= 0.3 is 5.97 Å². The fourth-order valence-corrected chi connectivity index (χ4v) is 2.22. The van der Waals surface area contributed by atoms with Crippen molar-refractivity contribution in [1.29, 1.82) is 0 Å². The zero-order valence-corrected chi connectivity index (χ0v) is 11.2. The zero-order chi connectivity index (χ0) is 14.7. The van der Waals surface area contributed by atoms with Crippen molar-refractivity contribution in [3.8, 4) is 11.3 Å². The van der Waals surface area contributed by atoms with Crippen LogP contribution in [0.3, 0.4) is 0 Å². The summed E-state index contributed by atoms with van der Waals surface area (Å²) >= 11 is 0. The summed E-state index contributed by atoms with van der Waals surface area (Å²) in [6, 6.07) is 11.1. The van der Waals surface area contributed by atoms with Crippen LogP contribution in [0, 0.1) is 6.92 Å². The second kappa shape index (κ2) is 5.71. The molecule has 0 bridgehead atoms. The zero-order valence-electron chi connectivity index (χ0n) is 11.2. The highest BCUT2D eigenvalue weighted by Crippen LogP contribution is 2.26. The lowest BCUT2D eigenvalue weighted by molar-refractivity contribution is -0.137. The summed E-state index contributed by atoms with van der Waals surface area (Å²) in [5, 5.41) is 9.04. The Morgan fingerprint density at radius 3 is 2.45 bits per heavy atom. The van der Waals surface area contributed by atoms with E-state index in [1.54, 1.807) is 17.6 Å². The summed E-state index contributed by atoms with van der Waals surface area (Å²) in [7, 11) is 0. The van der Waals surface area contributed by atoms with Gasteiger partial charge in [0.2, 0.25) is 0 Å². The van der Waals surface area contributed by atoms with Gasteiger partial charge in [-0.15, -0.1) is 0 Å². The molecule has 0 aliphatic rings. The fraction of sp³-hybridized carbons (Fsp3) is 0.200. The Labute approximate surface area is 116 Å². The van der Waals surface area contributed by atoms with Crippen LogP contribution in [0.1, 0.15) is 16.1 Å². The van der Waals surface area contributed by atoms with Crippen molar-refractivity contribution in [2.45, 2.75) is 13.5 Å². The standard InChI is InChI=1S/C15H16N2O3/c1-10-12(14(18)8-16)7-13(17(10)9-15(19)20)11-5-3-2-4-6-11/h2-7H,8-9,16H2,1H3,(H,19,20). The number of carbonyl (C=O) groups is 2. The number of ketones is 1. The first-order chi connectivity index (χ1) is 9.54. The van der Waals surface area contributed by atoms with Crippen LogP contribution in [0.15, 0.2) is 36.4 Å². The number of aliphatic carboxylic acids is 1. The molecule has 0 amide bonds. The van der Waals surface area contributed by atoms with E-state index >= 15 is 0 Å². The first-order valence-corrected chi connectivity index (χ1v) is 6.25. The lowest BCUT2D eigenvalue weighted by Crippen LogP contribution is -2.16. The molecule has 104 valence electrons. The van der Waals surface area contributed by atoms with Crippen molar-refractivity contribution in [3.63, 3.8) is 0 Å². The van der Waals surface area contributed by atoms with Crippen LogP contribution in [0.25, 0.3) is 11.3 Å². The van der Waals surface area contributed by atoms with E-state index in [1.165, 1.54) is 0 Å². The van der Waals surface area contributed by atoms with Gasteiger partial charge in [-0.05, 0) is 18.6 Å². The van der Waals surface area contributed by atoms with Gasteiger partial charge in [0.05, 0.1) is 6.54 Å². The first-order valence-electron chi connectivity index (χ1n) is 6.25. The van der Waals surface area contributed by atoms with Crippen LogP contribution in [0.4, 0.5) is 0 Å². The normalized spacial score (nSPS) is 10.5. The second-order valence-corrected chi connectivity index (χ2v) is 4.50. The number of hydrogen-bond donors (Lipinski definition) is 2. The summed E-state index contributed by atoms with van der Waals surface area (Å²) in [5.41, 5.74) is 8.08. The van der Waals surface area contributed by atoms with Crippen LogP contribution in [0.5, 0.6) is 0 Å². The molecular weight excluding hydrogens is 256 g/mol. The predicted molar refractivity (Wildman–Crippen MR) is 75.6 cm³/mol. The predicted octanol–water partition coefficient (Wildman–Crippen LogP) is 1.69. The Hall–Kier alpha value is -2.40. The van der Waals surface area contributed by atoms with Crippen molar-refractivity contribution < 1.29 is 14.7 Å². The first kappa shape index (κ1) is 14.0. The Morgan fingerprint density at radius 2 is 1.90 bits per heavy atom. The lowest BCUT2D eigenvalue weighted by atomic mass is 10.1. The minimum absolute atomic E-state index is 0.0911. The van der Waals surface area contributed by atoms with Gasteiger partial charge in [-0.25, -0.2) is 0 Å². The van der Waals surface area contributed by atoms with E-state index in [2.05, 4.69) is 0 Å². The summed E-state index contributed by atoms with van der Waals surface area (Å²) in [5.74, 6) is -1.14. The van der Waals surface area contributed by atoms with E-state index in [4.69, 9.17) is 10.8 Å². The third-order valence-electron chi connectivity index (χ3n) is 3.22. The molecule has 0 aliphatic carbocycles. The van der Waals surface area contributed by atoms with Crippen LogP contribution in [-0.4, -0.2) is 28.0 Å². The van der Waals surface area contributed by atoms with E-state index in [9.17, 15) is 9.59 Å². The number of rotatable bonds is 5. The van der Waals surface area contributed by atoms with Crippen LogP contribution in [0.2, 0.25) is 0 Å². The van der Waals surface area contributed by atoms with Gasteiger partial charge < -0.3 is 15.4 Å². The van der Waals surface area contributed by atoms with Gasteiger partial charge in [-0.1, -0.05) is 30.3 Å². The highest BCUT2D eigenvalue weighted by atomic mass is 16.4. The minimum atomic E-state index is -0.951. The minimum Gasteiger partial charge on any atom is -0.480 e. The second-order valence-electron chi connectivity index (χ2n) is 4.50. The van der Waals surface area contributed by atoms with Gasteiger partial charge in [0, 0.05) is 17.0 Å². The van der Waals surface area contributed by atoms with Crippen LogP contribution >= 0.6 is 0 Å². The number of benzene rings is 1. The topological polar surface area (TPSA) is 85.3 Å². The number of carboxylic acids is 1. The molecule has 5 heteroatoms. The highest BCUT2D eigenvalue weighted by Gasteiger charge is 2.18. The number of aromatic nitrogens is 1. The van der Waals surface area contributed by atoms with Crippen molar-refractivity contribution in [2.75, 3.05) is 6.54 Å². The average molecular weight is 272 g/mol. The number of carbonyl (C=O) groups excluding carboxylic acids is 1. The molecule has 0 aliphatic heterocycles. The average Bonchev–Trinajstić information content (AvgIpc) is 2.76. The molecular formula is C15H16N2O3. The molecule has 0 saturated carbocycles. The molecule has 0 fully saturated rings. The van der Waals surface area contributed by atoms with E-state index in [-0.39, 0.29) is 18.9 Å². The number of Topliss-reactive ketones (excluding diaryl/α,β-unsaturated/α-hetero) is 1. The lowest BCUT2D eigenvalue weighted by Gasteiger charge is -2.09. The largest absolute Gasteiger partial charge is 0.480 e. The van der Waals surface area contributed by atoms with Crippen molar-refractivity contribution >= 4 is 11.8 Å². The molecule has 0 radical (unpaired) electrons. The SMILES string of the molecule is Cc1c(C(=O)CN)cc(-c2ccccc2)n1CC(=O)O. The van der Waals surface area contributed by atoms with E-state index in [0.29, 0.717) is 17.0 Å². The maximum Gasteiger partial charge on any atom is 0.323 e. The van der Waals surface area contributed by atoms with Crippen LogP contribution < -0.4 is 5.73 Å². The smallest absolute Gasteiger partial charge is 0.323 e. The third kappa shape index (κ3) is 2.62. The van der Waals surface area contributed by atoms with Crippen molar-refractivity contribution in [1.82, 2.24) is 4.57 Å². The Balaban J connectivity index is 2.60. The summed E-state index contributed by atoms with van der Waals surface area (Å²) in [4.78, 5) is 22.9. The van der Waals surface area contributed by atoms with E-state index in [0.717, 1.165) is 5.56 Å². The Morgan fingerprint density at radius 1 is 1.25 bits per heavy atom. The summed E-state index contributed by atoms with van der Waals surface area (Å²) in [6.45, 7) is 1.46. The molecule has 0 unspecified atom stereocenters. The molecule has 20 heavy (non-hydrogen) atoms. The molecule has 0 spiro atoms. The molecule has 0 atom stereocenters. The van der Waals surface area contributed by atoms with E-state index in [1.807, 2.05) is 30.3 Å². The van der Waals surface area contributed by atoms with Crippen LogP contribution in [-0.2, 0) is 11.3 Å². The maximum atomic E-state index is 11.8. The van der Waals surface area contributed by atoms with Gasteiger partial charge in [-0.2, -0.15) is 0 Å². The summed E-state index contributed by atoms with van der Waals surface area (Å²) < 4.78 is 1.63. The quantitative estimate of drug-likeness (QED) is 0.811. The maximum absolute atomic E-state index is 11.8. The molecule has 1 aromatic heterocycles. The molecule has 1 aromatic carbocycles. The van der Waals surface area contributed by atoms with Crippen molar-refractivity contribution in [3.05, 3.63) is 47.7 Å². The summed E-state index contributed by atoms with van der Waals surface area (Å²) in [6.07, 6.45) is 0. The molecule has 3 N–H and O–H groups in total.